The molecule has 1 aromatic rings. The molecule has 5 unspecified atom stereocenters. The summed E-state index contributed by atoms with van der Waals surface area (Å²) in [6.07, 6.45) is 2.64. The molecule has 1 aromatic heterocycles. The molecular formula is C33H76N2O7Si7. The van der Waals surface area contributed by atoms with Crippen LogP contribution in [-0.4, -0.2) is 106 Å². The van der Waals surface area contributed by atoms with E-state index in [0.29, 0.717) is 19.6 Å². The van der Waals surface area contributed by atoms with Gasteiger partial charge in [0.2, 0.25) is 0 Å². The van der Waals surface area contributed by atoms with Gasteiger partial charge in [-0.3, -0.25) is 9.97 Å². The number of nitrogens with zero attached hydrogens (tertiary/aromatic N) is 2. The Hall–Kier alpha value is 0.318. The summed E-state index contributed by atoms with van der Waals surface area (Å²) in [5.41, 5.74) is 1.60. The van der Waals surface area contributed by atoms with Crippen molar-refractivity contribution in [3.63, 3.8) is 0 Å². The molecule has 0 radical (unpaired) electrons. The van der Waals surface area contributed by atoms with Crippen LogP contribution in [0.15, 0.2) is 12.4 Å². The van der Waals surface area contributed by atoms with Crippen LogP contribution in [-0.2, 0) is 37.4 Å². The largest absolute Gasteiger partial charge is 0.415 e. The van der Waals surface area contributed by atoms with E-state index in [2.05, 4.69) is 137 Å². The minimum Gasteiger partial charge on any atom is -0.415 e. The quantitative estimate of drug-likeness (QED) is 0.106. The lowest BCUT2D eigenvalue weighted by atomic mass is 10.1. The summed E-state index contributed by atoms with van der Waals surface area (Å²) in [6.45, 7) is 47.6. The Morgan fingerprint density at radius 1 is 0.449 bits per heavy atom. The molecule has 0 aromatic carbocycles. The molecule has 0 aliphatic carbocycles. The van der Waals surface area contributed by atoms with E-state index in [1.54, 1.807) is 0 Å². The first kappa shape index (κ1) is 47.3. The van der Waals surface area contributed by atoms with Gasteiger partial charge in [-0.15, -0.1) is 0 Å². The normalized spacial score (nSPS) is 17.5. The van der Waals surface area contributed by atoms with Gasteiger partial charge in [0, 0.05) is 12.6 Å². The van der Waals surface area contributed by atoms with Gasteiger partial charge in [-0.05, 0) is 137 Å². The first-order valence-electron chi connectivity index (χ1n) is 18.1. The predicted octanol–water partition coefficient (Wildman–Crippen LogP) is 9.50. The molecule has 1 rings (SSSR count). The van der Waals surface area contributed by atoms with E-state index in [4.69, 9.17) is 40.9 Å². The fourth-order valence-corrected chi connectivity index (χ4v) is 11.8. The smallest absolute Gasteiger partial charge is 0.184 e. The third-order valence-electron chi connectivity index (χ3n) is 6.33. The third kappa shape index (κ3) is 22.9. The second kappa shape index (κ2) is 18.1. The molecule has 1 heterocycles. The van der Waals surface area contributed by atoms with Crippen LogP contribution >= 0.6 is 0 Å². The van der Waals surface area contributed by atoms with Gasteiger partial charge in [-0.2, -0.15) is 0 Å². The van der Waals surface area contributed by atoms with Crippen LogP contribution in [0, 0.1) is 0 Å². The van der Waals surface area contributed by atoms with Crippen molar-refractivity contribution in [2.45, 2.75) is 174 Å². The van der Waals surface area contributed by atoms with Crippen LogP contribution in [0.4, 0.5) is 0 Å². The Balaban J connectivity index is 3.83. The van der Waals surface area contributed by atoms with Crippen molar-refractivity contribution in [3.8, 4) is 0 Å². The molecular weight excluding hydrogens is 733 g/mol. The molecule has 0 fully saturated rings. The van der Waals surface area contributed by atoms with Gasteiger partial charge in [-0.25, -0.2) is 0 Å². The minimum atomic E-state index is -2.12. The maximum atomic E-state index is 7.07. The van der Waals surface area contributed by atoms with Gasteiger partial charge in [0.05, 0.1) is 49.1 Å². The summed E-state index contributed by atoms with van der Waals surface area (Å²) in [4.78, 5) is 10.1. The maximum absolute atomic E-state index is 7.07. The molecule has 0 N–H and O–H groups in total. The Labute approximate surface area is 309 Å². The average molecular weight is 810 g/mol. The molecule has 0 bridgehead atoms. The Morgan fingerprint density at radius 2 is 0.837 bits per heavy atom. The fourth-order valence-electron chi connectivity index (χ4n) is 4.97. The van der Waals surface area contributed by atoms with Crippen molar-refractivity contribution in [1.29, 1.82) is 0 Å². The second-order valence-corrected chi connectivity index (χ2v) is 51.5. The van der Waals surface area contributed by atoms with E-state index < -0.39 is 70.4 Å². The lowest BCUT2D eigenvalue weighted by Crippen LogP contribution is -2.52. The number of hydrogen-bond acceptors (Lipinski definition) is 9. The van der Waals surface area contributed by atoms with E-state index in [-0.39, 0.29) is 18.3 Å². The lowest BCUT2D eigenvalue weighted by molar-refractivity contribution is -0.0525. The molecule has 0 saturated heterocycles. The molecule has 0 amide bonds. The first-order chi connectivity index (χ1) is 21.6. The fraction of sp³-hybridized carbons (Fsp3) is 0.879. The summed E-state index contributed by atoms with van der Waals surface area (Å²) in [5.74, 6) is 0. The van der Waals surface area contributed by atoms with Gasteiger partial charge in [0.25, 0.3) is 0 Å². The average Bonchev–Trinajstić information content (AvgIpc) is 2.82. The zero-order chi connectivity index (χ0) is 38.4. The zero-order valence-electron chi connectivity index (χ0n) is 35.4. The molecule has 288 valence electrons. The second-order valence-electron chi connectivity index (χ2n) is 20.1. The highest BCUT2D eigenvalue weighted by Crippen LogP contribution is 2.33. The van der Waals surface area contributed by atoms with E-state index in [1.165, 1.54) is 0 Å². The highest BCUT2D eigenvalue weighted by molar-refractivity contribution is 6.72. The molecule has 9 nitrogen and oxygen atoms in total. The molecule has 5 atom stereocenters. The first-order valence-corrected chi connectivity index (χ1v) is 42.0. The van der Waals surface area contributed by atoms with Crippen LogP contribution in [0.1, 0.15) is 17.5 Å². The monoisotopic (exact) mass is 808 g/mol. The van der Waals surface area contributed by atoms with Crippen LogP contribution in [0.25, 0.3) is 0 Å². The standard InChI is InChI=1S/C33H76N2O7Si7/c1-43(2,3)36-25-30(39-46(10,11)12)29(38-45(7,8)9)22-27-23-34-24-28(35-27)32(41-48(16,17)18)33(42-49(19,20)21)31(40-47(13,14)15)26-37-44(4,5)6/h23-24,29-33H,22,25-26H2,1-21H3. The number of rotatable bonds is 22. The van der Waals surface area contributed by atoms with E-state index in [1.807, 2.05) is 12.4 Å². The van der Waals surface area contributed by atoms with Crippen LogP contribution in [0.3, 0.4) is 0 Å². The van der Waals surface area contributed by atoms with Gasteiger partial charge < -0.3 is 31.0 Å². The van der Waals surface area contributed by atoms with E-state index in [9.17, 15) is 0 Å². The lowest BCUT2D eigenvalue weighted by Gasteiger charge is -2.42. The van der Waals surface area contributed by atoms with Crippen molar-refractivity contribution in [2.75, 3.05) is 13.2 Å². The van der Waals surface area contributed by atoms with Crippen molar-refractivity contribution in [3.05, 3.63) is 23.8 Å². The number of hydrogen-bond donors (Lipinski definition) is 0. The van der Waals surface area contributed by atoms with Gasteiger partial charge in [0.1, 0.15) is 12.2 Å². The summed E-state index contributed by atoms with van der Waals surface area (Å²) < 4.78 is 47.8. The van der Waals surface area contributed by atoms with Gasteiger partial charge in [0.15, 0.2) is 58.2 Å². The highest BCUT2D eigenvalue weighted by Gasteiger charge is 2.42. The molecule has 0 spiro atoms. The summed E-state index contributed by atoms with van der Waals surface area (Å²) in [7, 11) is -13.8. The zero-order valence-corrected chi connectivity index (χ0v) is 42.4. The van der Waals surface area contributed by atoms with Crippen LogP contribution < -0.4 is 0 Å². The van der Waals surface area contributed by atoms with Crippen LogP contribution in [0.5, 0.6) is 0 Å². The van der Waals surface area contributed by atoms with Crippen LogP contribution in [0.2, 0.25) is 137 Å². The highest BCUT2D eigenvalue weighted by atomic mass is 28.4. The Bertz CT molecular complexity index is 1130. The van der Waals surface area contributed by atoms with E-state index >= 15 is 0 Å². The topological polar surface area (TPSA) is 90.4 Å². The van der Waals surface area contributed by atoms with Crippen molar-refractivity contribution < 1.29 is 31.0 Å². The van der Waals surface area contributed by atoms with E-state index in [0.717, 1.165) is 11.4 Å². The summed E-state index contributed by atoms with van der Waals surface area (Å²) >= 11 is 0. The maximum Gasteiger partial charge on any atom is 0.184 e. The molecule has 0 aliphatic heterocycles. The molecule has 49 heavy (non-hydrogen) atoms. The molecule has 16 heteroatoms. The molecule has 0 aliphatic rings. The third-order valence-corrected chi connectivity index (χ3v) is 13.4. The van der Waals surface area contributed by atoms with Crippen molar-refractivity contribution in [2.24, 2.45) is 0 Å². The number of aromatic nitrogens is 2. The SMILES string of the molecule is C[Si](C)(C)OCC(O[Si](C)(C)C)C(Cc1cncc(C(O[Si](C)(C)C)C(O[Si](C)(C)C)C(CO[Si](C)(C)C)O[Si](C)(C)C)n1)O[Si](C)(C)C. The van der Waals surface area contributed by atoms with Gasteiger partial charge >= 0.3 is 0 Å². The Morgan fingerprint density at radius 3 is 1.24 bits per heavy atom. The summed E-state index contributed by atoms with van der Waals surface area (Å²) in [5, 5.41) is 0. The Kier molecular flexibility index (Phi) is 17.5. The molecule has 0 saturated carbocycles. The summed E-state index contributed by atoms with van der Waals surface area (Å²) in [6, 6.07) is 0. The van der Waals surface area contributed by atoms with Gasteiger partial charge in [-0.1, -0.05) is 0 Å². The minimum absolute atomic E-state index is 0.208. The van der Waals surface area contributed by atoms with Crippen molar-refractivity contribution >= 4 is 58.2 Å². The van der Waals surface area contributed by atoms with Crippen molar-refractivity contribution in [1.82, 2.24) is 9.97 Å². The predicted molar refractivity (Wildman–Crippen MR) is 224 cm³/mol.